The van der Waals surface area contributed by atoms with E-state index in [0.29, 0.717) is 5.78 Å². The molecule has 2 aromatic rings. The van der Waals surface area contributed by atoms with Crippen LogP contribution >= 0.6 is 0 Å². The maximum Gasteiger partial charge on any atom is 0.256 e. The van der Waals surface area contributed by atoms with Crippen LogP contribution in [0.1, 0.15) is 19.8 Å². The van der Waals surface area contributed by atoms with Crippen molar-refractivity contribution in [3.63, 3.8) is 0 Å². The first kappa shape index (κ1) is 15.8. The van der Waals surface area contributed by atoms with E-state index in [1.807, 2.05) is 10.6 Å². The van der Waals surface area contributed by atoms with Gasteiger partial charge in [0.15, 0.2) is 0 Å². The third-order valence-electron chi connectivity index (χ3n) is 5.45. The first-order valence-corrected chi connectivity index (χ1v) is 9.18. The maximum atomic E-state index is 4.25. The minimum atomic E-state index is 0.678. The molecule has 4 heterocycles. The van der Waals surface area contributed by atoms with Gasteiger partial charge in [-0.3, -0.25) is 9.30 Å². The minimum Gasteiger partial charge on any atom is -0.355 e. The predicted octanol–water partition coefficient (Wildman–Crippen LogP) is 0.978. The summed E-state index contributed by atoms with van der Waals surface area (Å²) in [5.41, 5.74) is 0. The Morgan fingerprint density at radius 1 is 1.12 bits per heavy atom. The van der Waals surface area contributed by atoms with Crippen LogP contribution in [0.15, 0.2) is 18.6 Å². The Morgan fingerprint density at radius 3 is 2.83 bits per heavy atom. The number of piperidine rings is 1. The number of rotatable bonds is 4. The highest BCUT2D eigenvalue weighted by atomic mass is 15.3. The second kappa shape index (κ2) is 7.03. The van der Waals surface area contributed by atoms with Gasteiger partial charge in [0.2, 0.25) is 0 Å². The average molecular weight is 329 g/mol. The SMILES string of the molecule is CCN1CCC[C@@H](CN2CCN(c3ccnc4nncn34)CC2)C1. The van der Waals surface area contributed by atoms with Crippen molar-refractivity contribution in [3.05, 3.63) is 18.6 Å². The van der Waals surface area contributed by atoms with Gasteiger partial charge in [-0.15, -0.1) is 10.2 Å². The van der Waals surface area contributed by atoms with Gasteiger partial charge in [0.05, 0.1) is 0 Å². The van der Waals surface area contributed by atoms with Gasteiger partial charge in [0.25, 0.3) is 5.78 Å². The van der Waals surface area contributed by atoms with E-state index in [2.05, 4.69) is 42.9 Å². The van der Waals surface area contributed by atoms with Crippen LogP contribution < -0.4 is 4.90 Å². The van der Waals surface area contributed by atoms with Crippen molar-refractivity contribution in [3.8, 4) is 0 Å². The monoisotopic (exact) mass is 329 g/mol. The summed E-state index contributed by atoms with van der Waals surface area (Å²) in [5.74, 6) is 2.67. The number of piperazine rings is 1. The number of anilines is 1. The Balaban J connectivity index is 1.34. The molecule has 0 N–H and O–H groups in total. The van der Waals surface area contributed by atoms with Crippen LogP contribution in [-0.2, 0) is 0 Å². The number of aromatic nitrogens is 4. The average Bonchev–Trinajstić information content (AvgIpc) is 3.11. The standard InChI is InChI=1S/C17H27N7/c1-2-21-7-3-4-15(12-21)13-22-8-10-23(11-9-22)16-5-6-18-17-20-19-14-24(16)17/h5-6,14-15H,2-4,7-13H2,1H3/t15-/m1/s1. The number of fused-ring (bicyclic) bond motifs is 1. The fraction of sp³-hybridized carbons (Fsp3) is 0.706. The van der Waals surface area contributed by atoms with Crippen molar-refractivity contribution < 1.29 is 0 Å². The summed E-state index contributed by atoms with van der Waals surface area (Å²) < 4.78 is 1.98. The first-order valence-electron chi connectivity index (χ1n) is 9.18. The zero-order valence-electron chi connectivity index (χ0n) is 14.5. The number of nitrogens with zero attached hydrogens (tertiary/aromatic N) is 7. The van der Waals surface area contributed by atoms with Crippen molar-refractivity contribution in [1.29, 1.82) is 0 Å². The fourth-order valence-electron chi connectivity index (χ4n) is 4.10. The lowest BCUT2D eigenvalue weighted by atomic mass is 9.97. The van der Waals surface area contributed by atoms with Crippen LogP contribution in [0, 0.1) is 5.92 Å². The third kappa shape index (κ3) is 3.23. The van der Waals surface area contributed by atoms with Gasteiger partial charge in [-0.25, -0.2) is 4.98 Å². The van der Waals surface area contributed by atoms with Gasteiger partial charge >= 0.3 is 0 Å². The minimum absolute atomic E-state index is 0.678. The molecule has 2 fully saturated rings. The molecule has 0 radical (unpaired) electrons. The van der Waals surface area contributed by atoms with Crippen molar-refractivity contribution >= 4 is 11.6 Å². The van der Waals surface area contributed by atoms with E-state index < -0.39 is 0 Å². The Bertz CT molecular complexity index is 662. The summed E-state index contributed by atoms with van der Waals surface area (Å²) in [7, 11) is 0. The molecule has 7 heteroatoms. The molecule has 0 bridgehead atoms. The largest absolute Gasteiger partial charge is 0.355 e. The Labute approximate surface area is 143 Å². The molecule has 7 nitrogen and oxygen atoms in total. The fourth-order valence-corrected chi connectivity index (χ4v) is 4.10. The van der Waals surface area contributed by atoms with E-state index in [4.69, 9.17) is 0 Å². The van der Waals surface area contributed by atoms with E-state index in [-0.39, 0.29) is 0 Å². The summed E-state index contributed by atoms with van der Waals surface area (Å²) in [6, 6.07) is 2.06. The third-order valence-corrected chi connectivity index (χ3v) is 5.45. The summed E-state index contributed by atoms with van der Waals surface area (Å²) in [5, 5.41) is 8.01. The molecule has 2 saturated heterocycles. The molecule has 0 spiro atoms. The molecule has 4 rings (SSSR count). The molecule has 2 aliphatic rings. The van der Waals surface area contributed by atoms with Gasteiger partial charge in [-0.05, 0) is 37.9 Å². The molecule has 24 heavy (non-hydrogen) atoms. The normalized spacial score (nSPS) is 23.9. The van der Waals surface area contributed by atoms with Crippen molar-refractivity contribution in [1.82, 2.24) is 29.4 Å². The molecule has 2 aromatic heterocycles. The van der Waals surface area contributed by atoms with E-state index >= 15 is 0 Å². The van der Waals surface area contributed by atoms with Crippen LogP contribution in [0.5, 0.6) is 0 Å². The highest BCUT2D eigenvalue weighted by Gasteiger charge is 2.24. The summed E-state index contributed by atoms with van der Waals surface area (Å²) in [6.45, 7) is 11.7. The topological polar surface area (TPSA) is 52.8 Å². The summed E-state index contributed by atoms with van der Waals surface area (Å²) in [4.78, 5) is 11.9. The molecule has 2 aliphatic heterocycles. The Hall–Kier alpha value is -1.73. The van der Waals surface area contributed by atoms with E-state index in [9.17, 15) is 0 Å². The van der Waals surface area contributed by atoms with Gasteiger partial charge in [-0.2, -0.15) is 0 Å². The smallest absolute Gasteiger partial charge is 0.256 e. The number of likely N-dealkylation sites (tertiary alicyclic amines) is 1. The van der Waals surface area contributed by atoms with Gasteiger partial charge in [0, 0.05) is 45.5 Å². The van der Waals surface area contributed by atoms with Crippen molar-refractivity contribution in [2.45, 2.75) is 19.8 Å². The van der Waals surface area contributed by atoms with E-state index in [0.717, 1.165) is 37.9 Å². The lowest BCUT2D eigenvalue weighted by Gasteiger charge is -2.39. The molecular weight excluding hydrogens is 302 g/mol. The molecule has 0 amide bonds. The van der Waals surface area contributed by atoms with Crippen molar-refractivity contribution in [2.24, 2.45) is 5.92 Å². The molecule has 0 unspecified atom stereocenters. The summed E-state index contributed by atoms with van der Waals surface area (Å²) >= 11 is 0. The molecule has 0 saturated carbocycles. The Morgan fingerprint density at radius 2 is 2.00 bits per heavy atom. The zero-order valence-corrected chi connectivity index (χ0v) is 14.5. The lowest BCUT2D eigenvalue weighted by molar-refractivity contribution is 0.133. The van der Waals surface area contributed by atoms with Crippen LogP contribution in [0.2, 0.25) is 0 Å². The quantitative estimate of drug-likeness (QED) is 0.833. The second-order valence-electron chi connectivity index (χ2n) is 6.99. The van der Waals surface area contributed by atoms with Crippen LogP contribution in [-0.4, -0.2) is 81.7 Å². The number of hydrogen-bond donors (Lipinski definition) is 0. The Kier molecular flexibility index (Phi) is 4.62. The van der Waals surface area contributed by atoms with E-state index in [1.54, 1.807) is 6.33 Å². The van der Waals surface area contributed by atoms with Crippen LogP contribution in [0.4, 0.5) is 5.82 Å². The van der Waals surface area contributed by atoms with Gasteiger partial charge in [-0.1, -0.05) is 6.92 Å². The molecule has 130 valence electrons. The maximum absolute atomic E-state index is 4.25. The van der Waals surface area contributed by atoms with Crippen molar-refractivity contribution in [2.75, 3.05) is 57.3 Å². The number of hydrogen-bond acceptors (Lipinski definition) is 6. The molecule has 1 atom stereocenters. The zero-order chi connectivity index (χ0) is 16.4. The van der Waals surface area contributed by atoms with Crippen LogP contribution in [0.3, 0.4) is 0 Å². The molecule has 0 aromatic carbocycles. The van der Waals surface area contributed by atoms with E-state index in [1.165, 1.54) is 39.0 Å². The molecule has 0 aliphatic carbocycles. The second-order valence-corrected chi connectivity index (χ2v) is 6.99. The lowest BCUT2D eigenvalue weighted by Crippen LogP contribution is -2.50. The van der Waals surface area contributed by atoms with Crippen LogP contribution in [0.25, 0.3) is 5.78 Å². The first-order chi connectivity index (χ1) is 11.8. The predicted molar refractivity (Wildman–Crippen MR) is 94.3 cm³/mol. The highest BCUT2D eigenvalue weighted by Crippen LogP contribution is 2.20. The van der Waals surface area contributed by atoms with Gasteiger partial charge in [0.1, 0.15) is 12.1 Å². The highest BCUT2D eigenvalue weighted by molar-refractivity contribution is 5.46. The van der Waals surface area contributed by atoms with Gasteiger partial charge < -0.3 is 9.80 Å². The molecular formula is C17H27N7. The summed E-state index contributed by atoms with van der Waals surface area (Å²) in [6.07, 6.45) is 6.34.